The maximum Gasteiger partial charge on any atom is 0.224 e. The first-order chi connectivity index (χ1) is 9.06. The van der Waals surface area contributed by atoms with Crippen molar-refractivity contribution >= 4 is 11.6 Å². The van der Waals surface area contributed by atoms with E-state index >= 15 is 0 Å². The summed E-state index contributed by atoms with van der Waals surface area (Å²) in [7, 11) is 3.17. The van der Waals surface area contributed by atoms with Gasteiger partial charge in [-0.3, -0.25) is 4.79 Å². The van der Waals surface area contributed by atoms with Crippen LogP contribution >= 0.6 is 0 Å². The van der Waals surface area contributed by atoms with Gasteiger partial charge in [-0.2, -0.15) is 0 Å². The van der Waals surface area contributed by atoms with E-state index in [1.807, 2.05) is 0 Å². The fraction of sp³-hybridized carbons (Fsp3) is 0.533. The summed E-state index contributed by atoms with van der Waals surface area (Å²) in [6, 6.07) is 5.34. The third-order valence-corrected chi connectivity index (χ3v) is 2.87. The molecule has 1 aromatic rings. The molecule has 1 amide bonds. The summed E-state index contributed by atoms with van der Waals surface area (Å²) < 4.78 is 10.4. The van der Waals surface area contributed by atoms with Gasteiger partial charge in [0.25, 0.3) is 0 Å². The fourth-order valence-corrected chi connectivity index (χ4v) is 1.79. The molecule has 0 spiro atoms. The third-order valence-electron chi connectivity index (χ3n) is 2.87. The smallest absolute Gasteiger partial charge is 0.224 e. The first-order valence-corrected chi connectivity index (χ1v) is 6.58. The molecule has 106 valence electrons. The fourth-order valence-electron chi connectivity index (χ4n) is 1.79. The molecule has 0 bridgehead atoms. The number of carbonyl (C=O) groups excluding carboxylic acids is 1. The number of anilines is 1. The van der Waals surface area contributed by atoms with E-state index < -0.39 is 0 Å². The van der Waals surface area contributed by atoms with Crippen LogP contribution in [0.5, 0.6) is 11.5 Å². The van der Waals surface area contributed by atoms with Crippen LogP contribution in [0, 0.1) is 5.92 Å². The van der Waals surface area contributed by atoms with Gasteiger partial charge in [-0.15, -0.1) is 0 Å². The number of carbonyl (C=O) groups is 1. The van der Waals surface area contributed by atoms with E-state index in [1.165, 1.54) is 0 Å². The van der Waals surface area contributed by atoms with Crippen molar-refractivity contribution in [2.45, 2.75) is 33.1 Å². The van der Waals surface area contributed by atoms with Crippen molar-refractivity contribution < 1.29 is 14.3 Å². The van der Waals surface area contributed by atoms with Crippen molar-refractivity contribution in [1.82, 2.24) is 0 Å². The first-order valence-electron chi connectivity index (χ1n) is 6.58. The van der Waals surface area contributed by atoms with Gasteiger partial charge in [-0.25, -0.2) is 0 Å². The summed E-state index contributed by atoms with van der Waals surface area (Å²) in [5, 5.41) is 2.87. The first kappa shape index (κ1) is 15.3. The van der Waals surface area contributed by atoms with E-state index in [4.69, 9.17) is 9.47 Å². The lowest BCUT2D eigenvalue weighted by atomic mass is 10.1. The second-order valence-corrected chi connectivity index (χ2v) is 4.90. The van der Waals surface area contributed by atoms with Gasteiger partial charge >= 0.3 is 0 Å². The monoisotopic (exact) mass is 265 g/mol. The zero-order chi connectivity index (χ0) is 14.3. The lowest BCUT2D eigenvalue weighted by Gasteiger charge is -2.11. The lowest BCUT2D eigenvalue weighted by Crippen LogP contribution is -2.12. The van der Waals surface area contributed by atoms with Crippen LogP contribution < -0.4 is 14.8 Å². The Kier molecular flexibility index (Phi) is 6.19. The largest absolute Gasteiger partial charge is 0.497 e. The van der Waals surface area contributed by atoms with Crippen LogP contribution in [-0.4, -0.2) is 20.1 Å². The Hall–Kier alpha value is -1.71. The number of ether oxygens (including phenoxy) is 2. The van der Waals surface area contributed by atoms with Gasteiger partial charge in [0, 0.05) is 12.5 Å². The maximum absolute atomic E-state index is 11.8. The number of amides is 1. The average Bonchev–Trinajstić information content (AvgIpc) is 2.38. The zero-order valence-corrected chi connectivity index (χ0v) is 12.2. The van der Waals surface area contributed by atoms with Crippen molar-refractivity contribution in [2.24, 2.45) is 5.92 Å². The molecule has 0 aliphatic carbocycles. The molecule has 1 rings (SSSR count). The molecule has 19 heavy (non-hydrogen) atoms. The van der Waals surface area contributed by atoms with E-state index in [1.54, 1.807) is 32.4 Å². The molecule has 0 atom stereocenters. The van der Waals surface area contributed by atoms with Gasteiger partial charge < -0.3 is 14.8 Å². The molecule has 0 fully saturated rings. The summed E-state index contributed by atoms with van der Waals surface area (Å²) in [5.74, 6) is 1.96. The van der Waals surface area contributed by atoms with Gasteiger partial charge in [0.1, 0.15) is 11.5 Å². The molecule has 0 aromatic heterocycles. The van der Waals surface area contributed by atoms with Crippen LogP contribution in [0.4, 0.5) is 5.69 Å². The average molecular weight is 265 g/mol. The van der Waals surface area contributed by atoms with Gasteiger partial charge in [0.15, 0.2) is 0 Å². The van der Waals surface area contributed by atoms with Crippen molar-refractivity contribution in [3.63, 3.8) is 0 Å². The zero-order valence-electron chi connectivity index (χ0n) is 12.2. The molecule has 1 N–H and O–H groups in total. The van der Waals surface area contributed by atoms with Crippen molar-refractivity contribution in [2.75, 3.05) is 19.5 Å². The minimum Gasteiger partial charge on any atom is -0.497 e. The van der Waals surface area contributed by atoms with Gasteiger partial charge in [0.05, 0.1) is 19.9 Å². The van der Waals surface area contributed by atoms with Gasteiger partial charge in [0.2, 0.25) is 5.91 Å². The highest BCUT2D eigenvalue weighted by Crippen LogP contribution is 2.29. The Labute approximate surface area is 115 Å². The molecule has 4 heteroatoms. The molecule has 4 nitrogen and oxygen atoms in total. The summed E-state index contributed by atoms with van der Waals surface area (Å²) >= 11 is 0. The lowest BCUT2D eigenvalue weighted by molar-refractivity contribution is -0.116. The van der Waals surface area contributed by atoms with E-state index in [0.29, 0.717) is 29.5 Å². The maximum atomic E-state index is 11.8. The normalized spacial score (nSPS) is 10.4. The molecule has 1 aromatic carbocycles. The summed E-state index contributed by atoms with van der Waals surface area (Å²) in [4.78, 5) is 11.8. The Bertz CT molecular complexity index is 416. The van der Waals surface area contributed by atoms with Crippen molar-refractivity contribution in [3.05, 3.63) is 18.2 Å². The van der Waals surface area contributed by atoms with E-state index in [2.05, 4.69) is 19.2 Å². The quantitative estimate of drug-likeness (QED) is 0.821. The number of nitrogens with one attached hydrogen (secondary N) is 1. The molecule has 0 aliphatic rings. The highest BCUT2D eigenvalue weighted by Gasteiger charge is 2.09. The summed E-state index contributed by atoms with van der Waals surface area (Å²) in [6.07, 6.45) is 2.50. The Balaban J connectivity index is 2.58. The highest BCUT2D eigenvalue weighted by molar-refractivity contribution is 5.92. The molecule has 0 saturated carbocycles. The standard InChI is InChI=1S/C15H23NO3/c1-11(2)6-5-7-15(17)16-13-9-8-12(18-3)10-14(13)19-4/h8-11H,5-7H2,1-4H3,(H,16,17). The number of hydrogen-bond acceptors (Lipinski definition) is 3. The Morgan fingerprint density at radius 2 is 2.00 bits per heavy atom. The van der Waals surface area contributed by atoms with E-state index in [9.17, 15) is 4.79 Å². The Morgan fingerprint density at radius 3 is 2.58 bits per heavy atom. The van der Waals surface area contributed by atoms with Crippen LogP contribution in [0.2, 0.25) is 0 Å². The Morgan fingerprint density at radius 1 is 1.26 bits per heavy atom. The van der Waals surface area contributed by atoms with Gasteiger partial charge in [-0.05, 0) is 24.5 Å². The number of methoxy groups -OCH3 is 2. The van der Waals surface area contributed by atoms with Gasteiger partial charge in [-0.1, -0.05) is 20.3 Å². The number of rotatable bonds is 7. The molecule has 0 heterocycles. The van der Waals surface area contributed by atoms with Crippen molar-refractivity contribution in [1.29, 1.82) is 0 Å². The minimum atomic E-state index is 0.0177. The van der Waals surface area contributed by atoms with Crippen LogP contribution in [0.1, 0.15) is 33.1 Å². The minimum absolute atomic E-state index is 0.0177. The van der Waals surface area contributed by atoms with Crippen LogP contribution in [-0.2, 0) is 4.79 Å². The molecule has 0 saturated heterocycles. The van der Waals surface area contributed by atoms with Crippen LogP contribution in [0.3, 0.4) is 0 Å². The molecular weight excluding hydrogens is 242 g/mol. The summed E-state index contributed by atoms with van der Waals surface area (Å²) in [5.41, 5.74) is 0.679. The molecule has 0 unspecified atom stereocenters. The van der Waals surface area contributed by atoms with E-state index in [-0.39, 0.29) is 5.91 Å². The molecular formula is C15H23NO3. The predicted molar refractivity (Wildman–Crippen MR) is 76.9 cm³/mol. The third kappa shape index (κ3) is 5.20. The molecule has 0 radical (unpaired) electrons. The second kappa shape index (κ2) is 7.67. The van der Waals surface area contributed by atoms with E-state index in [0.717, 1.165) is 12.8 Å². The second-order valence-electron chi connectivity index (χ2n) is 4.90. The van der Waals surface area contributed by atoms with Crippen molar-refractivity contribution in [3.8, 4) is 11.5 Å². The summed E-state index contributed by atoms with van der Waals surface area (Å²) in [6.45, 7) is 4.31. The SMILES string of the molecule is COc1ccc(NC(=O)CCCC(C)C)c(OC)c1. The number of hydrogen-bond donors (Lipinski definition) is 1. The highest BCUT2D eigenvalue weighted by atomic mass is 16.5. The van der Waals surface area contributed by atoms with Crippen LogP contribution in [0.25, 0.3) is 0 Å². The molecule has 0 aliphatic heterocycles. The predicted octanol–water partition coefficient (Wildman–Crippen LogP) is 3.47. The topological polar surface area (TPSA) is 47.6 Å². The van der Waals surface area contributed by atoms with Crippen LogP contribution in [0.15, 0.2) is 18.2 Å². The number of benzene rings is 1.